The van der Waals surface area contributed by atoms with Gasteiger partial charge in [-0.2, -0.15) is 0 Å². The summed E-state index contributed by atoms with van der Waals surface area (Å²) < 4.78 is 0. The predicted molar refractivity (Wildman–Crippen MR) is 76.7 cm³/mol. The van der Waals surface area contributed by atoms with Gasteiger partial charge >= 0.3 is 0 Å². The van der Waals surface area contributed by atoms with E-state index in [4.69, 9.17) is 11.6 Å². The number of rotatable bonds is 1. The Morgan fingerprint density at radius 3 is 2.95 bits per heavy atom. The van der Waals surface area contributed by atoms with Crippen molar-refractivity contribution in [3.63, 3.8) is 0 Å². The smallest absolute Gasteiger partial charge is 0.166 e. The van der Waals surface area contributed by atoms with Gasteiger partial charge in [0.2, 0.25) is 0 Å². The van der Waals surface area contributed by atoms with Crippen molar-refractivity contribution in [1.29, 1.82) is 0 Å². The molecule has 0 aliphatic carbocycles. The first kappa shape index (κ1) is 12.2. The van der Waals surface area contributed by atoms with Gasteiger partial charge < -0.3 is 5.32 Å². The van der Waals surface area contributed by atoms with Gasteiger partial charge in [-0.3, -0.25) is 4.79 Å². The quantitative estimate of drug-likeness (QED) is 0.859. The average molecular weight is 273 g/mol. The number of nitrogens with zero attached hydrogens (tertiary/aromatic N) is 1. The molecule has 2 aromatic rings. The molecule has 1 aromatic carbocycles. The van der Waals surface area contributed by atoms with Crippen LogP contribution in [0.5, 0.6) is 0 Å². The maximum atomic E-state index is 11.9. The van der Waals surface area contributed by atoms with Crippen LogP contribution in [-0.2, 0) is 0 Å². The topological polar surface area (TPSA) is 42.0 Å². The summed E-state index contributed by atoms with van der Waals surface area (Å²) in [5.74, 6) is 0.838. The average Bonchev–Trinajstić information content (AvgIpc) is 2.60. The number of ketones is 1. The Morgan fingerprint density at radius 2 is 2.11 bits per heavy atom. The molecule has 19 heavy (non-hydrogen) atoms. The van der Waals surface area contributed by atoms with Gasteiger partial charge in [-0.15, -0.1) is 0 Å². The Kier molecular flexibility index (Phi) is 3.22. The van der Waals surface area contributed by atoms with Crippen molar-refractivity contribution in [2.24, 2.45) is 0 Å². The van der Waals surface area contributed by atoms with E-state index >= 15 is 0 Å². The fraction of sp³-hybridized carbons (Fsp3) is 0.200. The van der Waals surface area contributed by atoms with Crippen molar-refractivity contribution < 1.29 is 4.79 Å². The molecular formula is C15H13ClN2O. The number of anilines is 1. The van der Waals surface area contributed by atoms with E-state index in [1.165, 1.54) is 0 Å². The molecular weight excluding hydrogens is 260 g/mol. The molecule has 1 aliphatic rings. The first-order valence-corrected chi connectivity index (χ1v) is 6.66. The maximum absolute atomic E-state index is 11.9. The highest BCUT2D eigenvalue weighted by Gasteiger charge is 2.16. The van der Waals surface area contributed by atoms with Crippen LogP contribution in [-0.4, -0.2) is 17.3 Å². The van der Waals surface area contributed by atoms with Crippen LogP contribution in [0.2, 0.25) is 5.02 Å². The third kappa shape index (κ3) is 2.47. The van der Waals surface area contributed by atoms with Crippen LogP contribution < -0.4 is 5.32 Å². The van der Waals surface area contributed by atoms with Gasteiger partial charge in [0.05, 0.1) is 11.3 Å². The maximum Gasteiger partial charge on any atom is 0.166 e. The molecule has 0 radical (unpaired) electrons. The van der Waals surface area contributed by atoms with Gasteiger partial charge in [0.1, 0.15) is 5.82 Å². The van der Waals surface area contributed by atoms with E-state index in [9.17, 15) is 4.79 Å². The molecule has 2 heterocycles. The fourth-order valence-electron chi connectivity index (χ4n) is 2.22. The predicted octanol–water partition coefficient (Wildman–Crippen LogP) is 3.79. The van der Waals surface area contributed by atoms with Crippen molar-refractivity contribution in [3.8, 4) is 11.3 Å². The van der Waals surface area contributed by atoms with Gasteiger partial charge in [0.25, 0.3) is 0 Å². The Labute approximate surface area is 116 Å². The van der Waals surface area contributed by atoms with Crippen LogP contribution in [0.1, 0.15) is 23.2 Å². The molecule has 1 aromatic heterocycles. The largest absolute Gasteiger partial charge is 0.369 e. The van der Waals surface area contributed by atoms with Crippen LogP contribution in [0, 0.1) is 0 Å². The van der Waals surface area contributed by atoms with E-state index in [1.54, 1.807) is 0 Å². The van der Waals surface area contributed by atoms with Crippen molar-refractivity contribution in [3.05, 3.63) is 47.0 Å². The Hall–Kier alpha value is -1.87. The van der Waals surface area contributed by atoms with Crippen molar-refractivity contribution >= 4 is 23.2 Å². The molecule has 96 valence electrons. The molecule has 0 saturated heterocycles. The van der Waals surface area contributed by atoms with E-state index < -0.39 is 0 Å². The van der Waals surface area contributed by atoms with E-state index in [1.807, 2.05) is 36.4 Å². The molecule has 0 bridgehead atoms. The molecule has 0 amide bonds. The number of nitrogens with one attached hydrogen (secondary N) is 1. The fourth-order valence-corrected chi connectivity index (χ4v) is 2.41. The lowest BCUT2D eigenvalue weighted by molar-refractivity contribution is 0.0983. The number of Topliss-reactive ketones (excluding diaryl/α,β-unsaturated/α-hetero) is 1. The number of pyridine rings is 1. The first-order chi connectivity index (χ1) is 9.24. The summed E-state index contributed by atoms with van der Waals surface area (Å²) in [6.45, 7) is 0.782. The summed E-state index contributed by atoms with van der Waals surface area (Å²) >= 11 is 5.99. The summed E-state index contributed by atoms with van der Waals surface area (Å²) in [4.78, 5) is 16.5. The number of carbonyl (C=O) groups excluding carboxylic acids is 1. The Bertz CT molecular complexity index is 640. The highest BCUT2D eigenvalue weighted by molar-refractivity contribution is 6.30. The highest BCUT2D eigenvalue weighted by atomic mass is 35.5. The number of carbonyl (C=O) groups is 1. The van der Waals surface area contributed by atoms with Crippen LogP contribution in [0.25, 0.3) is 11.3 Å². The van der Waals surface area contributed by atoms with Crippen LogP contribution in [0.15, 0.2) is 36.4 Å². The van der Waals surface area contributed by atoms with Gasteiger partial charge in [0.15, 0.2) is 5.78 Å². The lowest BCUT2D eigenvalue weighted by Gasteiger charge is -2.08. The van der Waals surface area contributed by atoms with E-state index in [-0.39, 0.29) is 5.78 Å². The summed E-state index contributed by atoms with van der Waals surface area (Å²) in [6.07, 6.45) is 1.43. The molecule has 0 fully saturated rings. The van der Waals surface area contributed by atoms with Crippen LogP contribution in [0.3, 0.4) is 0 Å². The first-order valence-electron chi connectivity index (χ1n) is 6.28. The lowest BCUT2D eigenvalue weighted by Crippen LogP contribution is -2.04. The molecule has 0 atom stereocenters. The zero-order valence-corrected chi connectivity index (χ0v) is 11.1. The lowest BCUT2D eigenvalue weighted by atomic mass is 10.1. The van der Waals surface area contributed by atoms with E-state index in [0.717, 1.165) is 24.2 Å². The third-order valence-corrected chi connectivity index (χ3v) is 3.42. The van der Waals surface area contributed by atoms with Gasteiger partial charge in [-0.25, -0.2) is 4.98 Å². The molecule has 3 rings (SSSR count). The van der Waals surface area contributed by atoms with Crippen molar-refractivity contribution in [2.45, 2.75) is 12.8 Å². The third-order valence-electron chi connectivity index (χ3n) is 3.19. The number of fused-ring (bicyclic) bond motifs is 1. The van der Waals surface area contributed by atoms with E-state index in [2.05, 4.69) is 10.3 Å². The zero-order valence-electron chi connectivity index (χ0n) is 10.3. The second-order valence-corrected chi connectivity index (χ2v) is 4.99. The van der Waals surface area contributed by atoms with Crippen molar-refractivity contribution in [2.75, 3.05) is 11.9 Å². The normalized spacial score (nSPS) is 14.5. The Morgan fingerprint density at radius 1 is 1.21 bits per heavy atom. The number of benzene rings is 1. The van der Waals surface area contributed by atoms with Gasteiger partial charge in [0, 0.05) is 23.6 Å². The second kappa shape index (κ2) is 5.02. The number of aromatic nitrogens is 1. The van der Waals surface area contributed by atoms with Gasteiger partial charge in [-0.1, -0.05) is 23.7 Å². The molecule has 1 aliphatic heterocycles. The number of halogens is 1. The zero-order chi connectivity index (χ0) is 13.2. The standard InChI is InChI=1S/C15H13ClN2O/c16-11-4-1-3-10(9-11)13-7-6-12-14(19)5-2-8-17-15(12)18-13/h1,3-4,6-7,9H,2,5,8H2,(H,17,18). The molecule has 0 saturated carbocycles. The number of hydrogen-bond donors (Lipinski definition) is 1. The highest BCUT2D eigenvalue weighted by Crippen LogP contribution is 2.26. The summed E-state index contributed by atoms with van der Waals surface area (Å²) in [5.41, 5.74) is 2.46. The molecule has 3 nitrogen and oxygen atoms in total. The number of hydrogen-bond acceptors (Lipinski definition) is 3. The molecule has 4 heteroatoms. The summed E-state index contributed by atoms with van der Waals surface area (Å²) in [5, 5.41) is 3.89. The van der Waals surface area contributed by atoms with Gasteiger partial charge in [-0.05, 0) is 30.7 Å². The molecule has 0 unspecified atom stereocenters. The minimum absolute atomic E-state index is 0.158. The minimum atomic E-state index is 0.158. The monoisotopic (exact) mass is 272 g/mol. The van der Waals surface area contributed by atoms with E-state index in [0.29, 0.717) is 22.8 Å². The van der Waals surface area contributed by atoms with Crippen molar-refractivity contribution in [1.82, 2.24) is 4.98 Å². The molecule has 0 spiro atoms. The Balaban J connectivity index is 2.06. The molecule has 1 N–H and O–H groups in total. The van der Waals surface area contributed by atoms with Crippen LogP contribution in [0.4, 0.5) is 5.82 Å². The summed E-state index contributed by atoms with van der Waals surface area (Å²) in [6, 6.07) is 11.3. The summed E-state index contributed by atoms with van der Waals surface area (Å²) in [7, 11) is 0. The minimum Gasteiger partial charge on any atom is -0.369 e. The second-order valence-electron chi connectivity index (χ2n) is 4.56. The SMILES string of the molecule is O=C1CCCNc2nc(-c3cccc(Cl)c3)ccc21. The van der Waals surface area contributed by atoms with Crippen LogP contribution >= 0.6 is 11.6 Å².